The number of carbonyl (C=O) groups is 2. The third-order valence-corrected chi connectivity index (χ3v) is 4.10. The Labute approximate surface area is 164 Å². The van der Waals surface area contributed by atoms with Crippen LogP contribution in [0, 0.1) is 20.2 Å². The summed E-state index contributed by atoms with van der Waals surface area (Å²) in [6.07, 6.45) is -0.950. The van der Waals surface area contributed by atoms with Gasteiger partial charge in [0.15, 0.2) is 0 Å². The van der Waals surface area contributed by atoms with E-state index < -0.39 is 33.9 Å². The Bertz CT molecular complexity index is 854. The number of benzene rings is 2. The molecular weight excluding hydrogens is 386 g/mol. The Morgan fingerprint density at radius 1 is 0.966 bits per heavy atom. The van der Waals surface area contributed by atoms with Crippen molar-refractivity contribution in [3.05, 3.63) is 79.9 Å². The van der Waals surface area contributed by atoms with E-state index in [0.717, 1.165) is 0 Å². The molecule has 1 atom stereocenters. The predicted molar refractivity (Wildman–Crippen MR) is 99.6 cm³/mol. The molecule has 0 fully saturated rings. The second-order valence-electron chi connectivity index (χ2n) is 6.05. The number of carbonyl (C=O) groups excluding carboxylic acids is 1. The molecule has 0 saturated carbocycles. The minimum Gasteiger partial charge on any atom is -0.480 e. The summed E-state index contributed by atoms with van der Waals surface area (Å²) in [7, 11) is 0. The number of ether oxygens (including phenoxy) is 1. The number of rotatable bonds is 8. The van der Waals surface area contributed by atoms with Crippen molar-refractivity contribution in [3.8, 4) is 0 Å². The molecular formula is C18H17N3O8. The van der Waals surface area contributed by atoms with E-state index in [1.807, 2.05) is 0 Å². The quantitative estimate of drug-likeness (QED) is 0.502. The fourth-order valence-electron chi connectivity index (χ4n) is 2.48. The van der Waals surface area contributed by atoms with Gasteiger partial charge in [-0.1, -0.05) is 24.3 Å². The number of carboxylic acids is 1. The fraction of sp³-hybridized carbons (Fsp3) is 0.222. The molecule has 0 radical (unpaired) electrons. The number of nitro groups is 2. The number of aliphatic carboxylic acids is 1. The first-order valence-corrected chi connectivity index (χ1v) is 8.34. The summed E-state index contributed by atoms with van der Waals surface area (Å²) in [6, 6.07) is 9.98. The molecule has 0 aliphatic carbocycles. The van der Waals surface area contributed by atoms with Crippen LogP contribution in [0.1, 0.15) is 24.0 Å². The van der Waals surface area contributed by atoms with Gasteiger partial charge in [-0.25, -0.2) is 4.79 Å². The van der Waals surface area contributed by atoms with Crippen molar-refractivity contribution in [2.75, 3.05) is 6.61 Å². The Hall–Kier alpha value is -4.02. The highest BCUT2D eigenvalue weighted by molar-refractivity contribution is 5.79. The van der Waals surface area contributed by atoms with Crippen molar-refractivity contribution < 1.29 is 29.3 Å². The van der Waals surface area contributed by atoms with Crippen molar-refractivity contribution in [3.63, 3.8) is 0 Å². The molecule has 11 nitrogen and oxygen atoms in total. The standard InChI is InChI=1S/C18H17N3O8/c1-11(17(22)23)19-18(24)29-10-16(12-2-6-14(7-3-12)20(25)26)13-4-8-15(9-5-13)21(27)28/h2-9,11,16H,10H2,1H3,(H,19,24)(H,22,23)/t11-/m0/s1. The van der Waals surface area contributed by atoms with Crippen LogP contribution in [0.25, 0.3) is 0 Å². The van der Waals surface area contributed by atoms with Crippen LogP contribution in [0.5, 0.6) is 0 Å². The van der Waals surface area contributed by atoms with Crippen LogP contribution in [0.4, 0.5) is 16.2 Å². The number of hydrogen-bond donors (Lipinski definition) is 2. The number of alkyl carbamates (subject to hydrolysis) is 1. The summed E-state index contributed by atoms with van der Waals surface area (Å²) in [5.74, 6) is -1.81. The van der Waals surface area contributed by atoms with Gasteiger partial charge in [-0.05, 0) is 18.1 Å². The summed E-state index contributed by atoms with van der Waals surface area (Å²) in [6.45, 7) is 1.06. The topological polar surface area (TPSA) is 162 Å². The first kappa shape index (κ1) is 21.3. The van der Waals surface area contributed by atoms with E-state index in [-0.39, 0.29) is 18.0 Å². The highest BCUT2D eigenvalue weighted by Crippen LogP contribution is 2.28. The zero-order valence-corrected chi connectivity index (χ0v) is 15.2. The van der Waals surface area contributed by atoms with Crippen molar-refractivity contribution >= 4 is 23.4 Å². The Kier molecular flexibility index (Phi) is 6.80. The molecule has 2 rings (SSSR count). The molecule has 0 aliphatic heterocycles. The largest absolute Gasteiger partial charge is 0.480 e. The molecule has 152 valence electrons. The summed E-state index contributed by atoms with van der Waals surface area (Å²) in [5.41, 5.74) is 0.905. The molecule has 2 N–H and O–H groups in total. The summed E-state index contributed by atoms with van der Waals surface area (Å²) < 4.78 is 5.11. The molecule has 0 aromatic heterocycles. The van der Waals surface area contributed by atoms with Gasteiger partial charge in [0.25, 0.3) is 11.4 Å². The van der Waals surface area contributed by atoms with E-state index in [0.29, 0.717) is 11.1 Å². The lowest BCUT2D eigenvalue weighted by molar-refractivity contribution is -0.385. The van der Waals surface area contributed by atoms with Gasteiger partial charge in [-0.15, -0.1) is 0 Å². The van der Waals surface area contributed by atoms with Crippen LogP contribution >= 0.6 is 0 Å². The summed E-state index contributed by atoms with van der Waals surface area (Å²) in [4.78, 5) is 43.2. The first-order valence-electron chi connectivity index (χ1n) is 8.34. The van der Waals surface area contributed by atoms with Gasteiger partial charge in [0.2, 0.25) is 0 Å². The van der Waals surface area contributed by atoms with Crippen molar-refractivity contribution in [1.82, 2.24) is 5.32 Å². The van der Waals surface area contributed by atoms with Gasteiger partial charge >= 0.3 is 12.1 Å². The van der Waals surface area contributed by atoms with Crippen molar-refractivity contribution in [1.29, 1.82) is 0 Å². The van der Waals surface area contributed by atoms with E-state index in [4.69, 9.17) is 9.84 Å². The molecule has 1 amide bonds. The molecule has 2 aromatic rings. The van der Waals surface area contributed by atoms with Gasteiger partial charge < -0.3 is 15.2 Å². The zero-order valence-electron chi connectivity index (χ0n) is 15.2. The van der Waals surface area contributed by atoms with Crippen LogP contribution in [-0.2, 0) is 9.53 Å². The van der Waals surface area contributed by atoms with E-state index >= 15 is 0 Å². The smallest absolute Gasteiger partial charge is 0.407 e. The normalized spacial score (nSPS) is 11.5. The minimum absolute atomic E-state index is 0.120. The molecule has 0 unspecified atom stereocenters. The Morgan fingerprint density at radius 2 is 1.38 bits per heavy atom. The van der Waals surface area contributed by atoms with Crippen LogP contribution in [0.3, 0.4) is 0 Å². The highest BCUT2D eigenvalue weighted by Gasteiger charge is 2.21. The van der Waals surface area contributed by atoms with Crippen LogP contribution in [-0.4, -0.2) is 39.7 Å². The molecule has 0 heterocycles. The Morgan fingerprint density at radius 3 is 1.72 bits per heavy atom. The van der Waals surface area contributed by atoms with Gasteiger partial charge in [0.1, 0.15) is 12.6 Å². The number of hydrogen-bond acceptors (Lipinski definition) is 7. The third-order valence-electron chi connectivity index (χ3n) is 4.10. The van der Waals surface area contributed by atoms with Gasteiger partial charge in [0.05, 0.1) is 9.85 Å². The molecule has 0 bridgehead atoms. The van der Waals surface area contributed by atoms with E-state index in [1.165, 1.54) is 55.5 Å². The molecule has 0 saturated heterocycles. The molecule has 29 heavy (non-hydrogen) atoms. The summed E-state index contributed by atoms with van der Waals surface area (Å²) >= 11 is 0. The maximum Gasteiger partial charge on any atom is 0.407 e. The zero-order chi connectivity index (χ0) is 21.6. The van der Waals surface area contributed by atoms with Crippen LogP contribution < -0.4 is 5.32 Å². The van der Waals surface area contributed by atoms with Crippen LogP contribution in [0.2, 0.25) is 0 Å². The molecule has 0 aliphatic rings. The van der Waals surface area contributed by atoms with E-state index in [1.54, 1.807) is 0 Å². The maximum absolute atomic E-state index is 11.8. The number of non-ortho nitro benzene ring substituents is 2. The van der Waals surface area contributed by atoms with Gasteiger partial charge in [-0.3, -0.25) is 25.0 Å². The first-order chi connectivity index (χ1) is 13.7. The lowest BCUT2D eigenvalue weighted by Gasteiger charge is -2.19. The minimum atomic E-state index is -1.23. The number of nitro benzene ring substituents is 2. The van der Waals surface area contributed by atoms with E-state index in [9.17, 15) is 29.8 Å². The average molecular weight is 403 g/mol. The van der Waals surface area contributed by atoms with E-state index in [2.05, 4.69) is 5.32 Å². The fourth-order valence-corrected chi connectivity index (χ4v) is 2.48. The third kappa shape index (κ3) is 5.73. The summed E-state index contributed by atoms with van der Waals surface area (Å²) in [5, 5.41) is 32.7. The van der Waals surface area contributed by atoms with Gasteiger partial charge in [0, 0.05) is 30.2 Å². The van der Waals surface area contributed by atoms with Crippen LogP contribution in [0.15, 0.2) is 48.5 Å². The second-order valence-corrected chi connectivity index (χ2v) is 6.05. The van der Waals surface area contributed by atoms with Gasteiger partial charge in [-0.2, -0.15) is 0 Å². The second kappa shape index (κ2) is 9.26. The van der Waals surface area contributed by atoms with Crippen molar-refractivity contribution in [2.45, 2.75) is 18.9 Å². The SMILES string of the molecule is C[C@H](NC(=O)OCC(c1ccc([N+](=O)[O-])cc1)c1ccc([N+](=O)[O-])cc1)C(=O)O. The number of amides is 1. The monoisotopic (exact) mass is 403 g/mol. The molecule has 0 spiro atoms. The predicted octanol–water partition coefficient (Wildman–Crippen LogP) is 2.83. The number of nitrogens with zero attached hydrogens (tertiary/aromatic N) is 2. The molecule has 11 heteroatoms. The number of nitrogens with one attached hydrogen (secondary N) is 1. The number of carboxylic acid groups (broad SMARTS) is 1. The maximum atomic E-state index is 11.8. The molecule has 2 aromatic carbocycles. The lowest BCUT2D eigenvalue weighted by Crippen LogP contribution is -2.39. The van der Waals surface area contributed by atoms with Crippen molar-refractivity contribution in [2.24, 2.45) is 0 Å². The Balaban J connectivity index is 2.25. The average Bonchev–Trinajstić information content (AvgIpc) is 2.68. The highest BCUT2D eigenvalue weighted by atomic mass is 16.6. The lowest BCUT2D eigenvalue weighted by atomic mass is 9.92.